The van der Waals surface area contributed by atoms with Crippen LogP contribution in [0.2, 0.25) is 0 Å². The molecule has 0 aromatic carbocycles. The molecule has 68 valence electrons. The predicted octanol–water partition coefficient (Wildman–Crippen LogP) is 2.65. The smallest absolute Gasteiger partial charge is 0.00390 e. The summed E-state index contributed by atoms with van der Waals surface area (Å²) in [6, 6.07) is 0.456. The van der Waals surface area contributed by atoms with E-state index in [1.807, 2.05) is 11.8 Å². The summed E-state index contributed by atoms with van der Waals surface area (Å²) >= 11 is 2.01. The van der Waals surface area contributed by atoms with Gasteiger partial charge in [-0.3, -0.25) is 0 Å². The monoisotopic (exact) mass is 175 g/mol. The Balaban J connectivity index is 2.97. The van der Waals surface area contributed by atoms with Crippen molar-refractivity contribution in [2.45, 2.75) is 45.6 Å². The zero-order chi connectivity index (χ0) is 8.53. The van der Waals surface area contributed by atoms with Gasteiger partial charge < -0.3 is 5.73 Å². The van der Waals surface area contributed by atoms with E-state index in [1.54, 1.807) is 0 Å². The summed E-state index contributed by atoms with van der Waals surface area (Å²) in [7, 11) is 0. The highest BCUT2D eigenvalue weighted by Crippen LogP contribution is 2.07. The molecule has 0 heterocycles. The highest BCUT2D eigenvalue weighted by atomic mass is 32.2. The van der Waals surface area contributed by atoms with Crippen molar-refractivity contribution in [2.75, 3.05) is 11.5 Å². The largest absolute Gasteiger partial charge is 0.328 e. The minimum atomic E-state index is 0.456. The molecule has 0 saturated heterocycles. The third-order valence-corrected chi connectivity index (χ3v) is 2.71. The van der Waals surface area contributed by atoms with Gasteiger partial charge in [-0.1, -0.05) is 20.3 Å². The van der Waals surface area contributed by atoms with Crippen molar-refractivity contribution < 1.29 is 0 Å². The number of rotatable bonds is 7. The molecule has 0 saturated carbocycles. The molecular weight excluding hydrogens is 154 g/mol. The van der Waals surface area contributed by atoms with Gasteiger partial charge in [0.05, 0.1) is 0 Å². The summed E-state index contributed by atoms with van der Waals surface area (Å²) in [5, 5.41) is 0. The van der Waals surface area contributed by atoms with Crippen LogP contribution in [0.25, 0.3) is 0 Å². The third kappa shape index (κ3) is 8.21. The fourth-order valence-electron chi connectivity index (χ4n) is 1.11. The van der Waals surface area contributed by atoms with E-state index in [1.165, 1.54) is 37.2 Å². The molecule has 1 nitrogen and oxygen atoms in total. The topological polar surface area (TPSA) is 26.0 Å². The molecule has 0 radical (unpaired) electrons. The molecule has 0 amide bonds. The molecule has 0 aliphatic rings. The van der Waals surface area contributed by atoms with E-state index in [9.17, 15) is 0 Å². The molecule has 1 unspecified atom stereocenters. The first kappa shape index (κ1) is 11.3. The van der Waals surface area contributed by atoms with E-state index in [0.29, 0.717) is 6.04 Å². The SMILES string of the molecule is CCCC(N)CCCSCC. The van der Waals surface area contributed by atoms with Gasteiger partial charge in [-0.25, -0.2) is 0 Å². The fourth-order valence-corrected chi connectivity index (χ4v) is 1.77. The highest BCUT2D eigenvalue weighted by molar-refractivity contribution is 7.99. The van der Waals surface area contributed by atoms with Crippen molar-refractivity contribution in [3.05, 3.63) is 0 Å². The number of hydrogen-bond acceptors (Lipinski definition) is 2. The first-order chi connectivity index (χ1) is 5.31. The van der Waals surface area contributed by atoms with Crippen LogP contribution in [-0.2, 0) is 0 Å². The first-order valence-electron chi connectivity index (χ1n) is 4.64. The minimum absolute atomic E-state index is 0.456. The van der Waals surface area contributed by atoms with Crippen molar-refractivity contribution in [3.8, 4) is 0 Å². The van der Waals surface area contributed by atoms with Crippen molar-refractivity contribution >= 4 is 11.8 Å². The van der Waals surface area contributed by atoms with E-state index in [-0.39, 0.29) is 0 Å². The molecule has 0 aliphatic carbocycles. The summed E-state index contributed by atoms with van der Waals surface area (Å²) in [6.45, 7) is 4.40. The summed E-state index contributed by atoms with van der Waals surface area (Å²) in [5.74, 6) is 2.52. The maximum absolute atomic E-state index is 5.86. The molecule has 1 atom stereocenters. The molecule has 2 heteroatoms. The summed E-state index contributed by atoms with van der Waals surface area (Å²) < 4.78 is 0. The molecule has 0 aromatic heterocycles. The zero-order valence-corrected chi connectivity index (χ0v) is 8.62. The quantitative estimate of drug-likeness (QED) is 0.602. The lowest BCUT2D eigenvalue weighted by molar-refractivity contribution is 0.556. The molecule has 0 rings (SSSR count). The lowest BCUT2D eigenvalue weighted by Gasteiger charge is -2.08. The van der Waals surface area contributed by atoms with Gasteiger partial charge in [0.2, 0.25) is 0 Å². The van der Waals surface area contributed by atoms with Gasteiger partial charge >= 0.3 is 0 Å². The Bertz CT molecular complexity index is 76.0. The molecule has 2 N–H and O–H groups in total. The average Bonchev–Trinajstić information content (AvgIpc) is 1.99. The Morgan fingerprint density at radius 1 is 1.27 bits per heavy atom. The van der Waals surface area contributed by atoms with Crippen LogP contribution in [0, 0.1) is 0 Å². The van der Waals surface area contributed by atoms with E-state index < -0.39 is 0 Å². The summed E-state index contributed by atoms with van der Waals surface area (Å²) in [5.41, 5.74) is 5.86. The first-order valence-corrected chi connectivity index (χ1v) is 5.80. The number of hydrogen-bond donors (Lipinski definition) is 1. The summed E-state index contributed by atoms with van der Waals surface area (Å²) in [6.07, 6.45) is 4.92. The van der Waals surface area contributed by atoms with Crippen molar-refractivity contribution in [2.24, 2.45) is 5.73 Å². The van der Waals surface area contributed by atoms with Gasteiger partial charge in [0.15, 0.2) is 0 Å². The van der Waals surface area contributed by atoms with Crippen LogP contribution in [0.3, 0.4) is 0 Å². The normalized spacial score (nSPS) is 13.4. The maximum Gasteiger partial charge on any atom is 0.00390 e. The Morgan fingerprint density at radius 2 is 2.00 bits per heavy atom. The van der Waals surface area contributed by atoms with Crippen LogP contribution < -0.4 is 5.73 Å². The van der Waals surface area contributed by atoms with Crippen LogP contribution in [0.5, 0.6) is 0 Å². The molecule has 11 heavy (non-hydrogen) atoms. The minimum Gasteiger partial charge on any atom is -0.328 e. The van der Waals surface area contributed by atoms with Gasteiger partial charge in [0, 0.05) is 6.04 Å². The molecule has 0 aromatic rings. The standard InChI is InChI=1S/C9H21NS/c1-3-6-9(10)7-5-8-11-4-2/h9H,3-8,10H2,1-2H3. The van der Waals surface area contributed by atoms with Crippen LogP contribution in [-0.4, -0.2) is 17.5 Å². The molecule has 0 spiro atoms. The second-order valence-corrected chi connectivity index (χ2v) is 4.28. The Kier molecular flexibility index (Phi) is 8.64. The Labute approximate surface area is 75.1 Å². The van der Waals surface area contributed by atoms with Crippen LogP contribution >= 0.6 is 11.8 Å². The van der Waals surface area contributed by atoms with Crippen LogP contribution in [0.4, 0.5) is 0 Å². The van der Waals surface area contributed by atoms with Crippen LogP contribution in [0.1, 0.15) is 39.5 Å². The van der Waals surface area contributed by atoms with Gasteiger partial charge in [-0.05, 0) is 30.8 Å². The third-order valence-electron chi connectivity index (χ3n) is 1.73. The van der Waals surface area contributed by atoms with Crippen molar-refractivity contribution in [1.82, 2.24) is 0 Å². The van der Waals surface area contributed by atoms with E-state index in [4.69, 9.17) is 5.73 Å². The summed E-state index contributed by atoms with van der Waals surface area (Å²) in [4.78, 5) is 0. The van der Waals surface area contributed by atoms with Crippen LogP contribution in [0.15, 0.2) is 0 Å². The number of thioether (sulfide) groups is 1. The Hall–Kier alpha value is 0.310. The lowest BCUT2D eigenvalue weighted by Crippen LogP contribution is -2.19. The van der Waals surface area contributed by atoms with Crippen molar-refractivity contribution in [3.63, 3.8) is 0 Å². The molecule has 0 aliphatic heterocycles. The molecular formula is C9H21NS. The van der Waals surface area contributed by atoms with Gasteiger partial charge in [-0.2, -0.15) is 11.8 Å². The fraction of sp³-hybridized carbons (Fsp3) is 1.00. The van der Waals surface area contributed by atoms with Gasteiger partial charge in [0.1, 0.15) is 0 Å². The van der Waals surface area contributed by atoms with Crippen molar-refractivity contribution in [1.29, 1.82) is 0 Å². The lowest BCUT2D eigenvalue weighted by atomic mass is 10.1. The Morgan fingerprint density at radius 3 is 2.55 bits per heavy atom. The van der Waals surface area contributed by atoms with E-state index in [2.05, 4.69) is 13.8 Å². The van der Waals surface area contributed by atoms with E-state index in [0.717, 1.165) is 0 Å². The average molecular weight is 175 g/mol. The second kappa shape index (κ2) is 8.41. The highest BCUT2D eigenvalue weighted by Gasteiger charge is 1.99. The second-order valence-electron chi connectivity index (χ2n) is 2.89. The van der Waals surface area contributed by atoms with Gasteiger partial charge in [-0.15, -0.1) is 0 Å². The molecule has 0 fully saturated rings. The van der Waals surface area contributed by atoms with E-state index >= 15 is 0 Å². The predicted molar refractivity (Wildman–Crippen MR) is 55.1 cm³/mol. The molecule has 0 bridgehead atoms. The number of nitrogens with two attached hydrogens (primary N) is 1. The van der Waals surface area contributed by atoms with Gasteiger partial charge in [0.25, 0.3) is 0 Å². The zero-order valence-electron chi connectivity index (χ0n) is 7.81. The maximum atomic E-state index is 5.86.